The number of carbonyl (C=O) groups excluding carboxylic acids is 3. The number of allylic oxidation sites excluding steroid dienone is 18. The third kappa shape index (κ3) is 52.9. The lowest BCUT2D eigenvalue weighted by Gasteiger charge is -2.18. The first-order valence-electron chi connectivity index (χ1n) is 27.4. The van der Waals surface area contributed by atoms with Crippen LogP contribution in [0.3, 0.4) is 0 Å². The minimum Gasteiger partial charge on any atom is -0.462 e. The Balaban J connectivity index is 4.48. The second-order valence-corrected chi connectivity index (χ2v) is 17.7. The van der Waals surface area contributed by atoms with E-state index in [9.17, 15) is 14.4 Å². The van der Waals surface area contributed by atoms with E-state index < -0.39 is 6.10 Å². The highest BCUT2D eigenvalue weighted by molar-refractivity contribution is 5.71. The summed E-state index contributed by atoms with van der Waals surface area (Å²) in [5.74, 6) is -0.952. The number of unbranched alkanes of at least 4 members (excludes halogenated alkanes) is 19. The van der Waals surface area contributed by atoms with Crippen LogP contribution in [0.25, 0.3) is 0 Å². The highest BCUT2D eigenvalue weighted by atomic mass is 16.6. The maximum Gasteiger partial charge on any atom is 0.306 e. The average molecular weight is 929 g/mol. The zero-order chi connectivity index (χ0) is 48.6. The predicted molar refractivity (Wildman–Crippen MR) is 288 cm³/mol. The number of hydrogen-bond donors (Lipinski definition) is 0. The predicted octanol–water partition coefficient (Wildman–Crippen LogP) is 18.3. The molecule has 0 bridgehead atoms. The zero-order valence-electron chi connectivity index (χ0n) is 43.4. The number of ether oxygens (including phenoxy) is 3. The standard InChI is InChI=1S/C61H100O6/c1-4-7-10-13-16-19-22-25-27-29-30-32-33-36-39-42-45-48-51-54-60(63)66-57-58(56-65-59(62)53-50-47-44-41-38-35-24-21-18-15-12-9-6-3)67-61(64)55-52-49-46-43-40-37-34-31-28-26-23-20-17-14-11-8-5-2/h7-8,10-11,16-17,19-21,24-28,30,32,36,39,58H,4-6,9,12-15,18,22-23,29,31,33-35,37-38,40-57H2,1-3H3/b10-7-,11-8-,19-16-,20-17-,24-21-,27-25-,28-26-,32-30-,39-36-. The Morgan fingerprint density at radius 3 is 0.940 bits per heavy atom. The molecule has 0 aromatic heterocycles. The van der Waals surface area contributed by atoms with Gasteiger partial charge in [0.1, 0.15) is 13.2 Å². The lowest BCUT2D eigenvalue weighted by Crippen LogP contribution is -2.30. The van der Waals surface area contributed by atoms with E-state index in [1.165, 1.54) is 64.2 Å². The van der Waals surface area contributed by atoms with Crippen molar-refractivity contribution < 1.29 is 28.6 Å². The summed E-state index contributed by atoms with van der Waals surface area (Å²) in [6.45, 7) is 6.35. The van der Waals surface area contributed by atoms with Crippen LogP contribution in [0.4, 0.5) is 0 Å². The summed E-state index contributed by atoms with van der Waals surface area (Å²) in [6, 6.07) is 0. The molecule has 0 heterocycles. The van der Waals surface area contributed by atoms with Crippen LogP contribution in [0.2, 0.25) is 0 Å². The van der Waals surface area contributed by atoms with Gasteiger partial charge in [0.25, 0.3) is 0 Å². The van der Waals surface area contributed by atoms with Crippen molar-refractivity contribution in [3.05, 3.63) is 109 Å². The van der Waals surface area contributed by atoms with Crippen molar-refractivity contribution in [1.82, 2.24) is 0 Å². The molecule has 1 unspecified atom stereocenters. The molecule has 1 atom stereocenters. The Morgan fingerprint density at radius 1 is 0.313 bits per heavy atom. The van der Waals surface area contributed by atoms with Gasteiger partial charge in [-0.05, 0) is 122 Å². The van der Waals surface area contributed by atoms with E-state index in [0.29, 0.717) is 19.3 Å². The van der Waals surface area contributed by atoms with Crippen molar-refractivity contribution in [3.63, 3.8) is 0 Å². The SMILES string of the molecule is CC/C=C\C/C=C\C/C=C\C/C=C\C/C=C\CCCCCC(=O)OCC(COC(=O)CCCCCCC/C=C\CCCCCC)OC(=O)CCCCCCCCC/C=C\C/C=C\C/C=C\CC. The Morgan fingerprint density at radius 2 is 0.582 bits per heavy atom. The molecular weight excluding hydrogens is 829 g/mol. The van der Waals surface area contributed by atoms with Crippen LogP contribution >= 0.6 is 0 Å². The van der Waals surface area contributed by atoms with Gasteiger partial charge in [-0.25, -0.2) is 0 Å². The van der Waals surface area contributed by atoms with E-state index in [-0.39, 0.29) is 31.1 Å². The second-order valence-electron chi connectivity index (χ2n) is 17.7. The van der Waals surface area contributed by atoms with Crippen LogP contribution in [0, 0.1) is 0 Å². The molecule has 0 aliphatic rings. The van der Waals surface area contributed by atoms with E-state index in [4.69, 9.17) is 14.2 Å². The molecule has 0 amide bonds. The third-order valence-electron chi connectivity index (χ3n) is 11.2. The van der Waals surface area contributed by atoms with Crippen LogP contribution < -0.4 is 0 Å². The number of carbonyl (C=O) groups is 3. The first kappa shape index (κ1) is 63.1. The first-order valence-corrected chi connectivity index (χ1v) is 27.4. The molecule has 0 aliphatic heterocycles. The van der Waals surface area contributed by atoms with Crippen LogP contribution in [-0.4, -0.2) is 37.2 Å². The monoisotopic (exact) mass is 929 g/mol. The molecule has 380 valence electrons. The van der Waals surface area contributed by atoms with Crippen LogP contribution in [0.15, 0.2) is 109 Å². The average Bonchev–Trinajstić information content (AvgIpc) is 3.33. The van der Waals surface area contributed by atoms with Crippen molar-refractivity contribution in [2.75, 3.05) is 13.2 Å². The Kier molecular flexibility index (Phi) is 51.5. The lowest BCUT2D eigenvalue weighted by atomic mass is 10.1. The van der Waals surface area contributed by atoms with Gasteiger partial charge in [-0.2, -0.15) is 0 Å². The van der Waals surface area contributed by atoms with Gasteiger partial charge in [-0.3, -0.25) is 14.4 Å². The molecule has 0 N–H and O–H groups in total. The molecule has 67 heavy (non-hydrogen) atoms. The highest BCUT2D eigenvalue weighted by Crippen LogP contribution is 2.14. The van der Waals surface area contributed by atoms with Gasteiger partial charge in [0, 0.05) is 19.3 Å². The largest absolute Gasteiger partial charge is 0.462 e. The van der Waals surface area contributed by atoms with Gasteiger partial charge in [0.2, 0.25) is 0 Å². The van der Waals surface area contributed by atoms with Gasteiger partial charge >= 0.3 is 17.9 Å². The summed E-state index contributed by atoms with van der Waals surface area (Å²) in [5.41, 5.74) is 0. The molecule has 0 aromatic carbocycles. The molecule has 0 radical (unpaired) electrons. The zero-order valence-corrected chi connectivity index (χ0v) is 43.4. The fourth-order valence-electron chi connectivity index (χ4n) is 7.18. The minimum absolute atomic E-state index is 0.0988. The minimum atomic E-state index is -0.802. The van der Waals surface area contributed by atoms with Crippen LogP contribution in [-0.2, 0) is 28.6 Å². The fraction of sp³-hybridized carbons (Fsp3) is 0.656. The quantitative estimate of drug-likeness (QED) is 0.0262. The summed E-state index contributed by atoms with van der Waals surface area (Å²) in [4.78, 5) is 38.1. The molecule has 0 rings (SSSR count). The third-order valence-corrected chi connectivity index (χ3v) is 11.2. The molecule has 0 fully saturated rings. The summed E-state index contributed by atoms with van der Waals surface area (Å²) in [6.07, 6.45) is 73.5. The Bertz CT molecular complexity index is 1390. The van der Waals surface area contributed by atoms with Gasteiger partial charge in [0.15, 0.2) is 6.10 Å². The van der Waals surface area contributed by atoms with E-state index in [1.807, 2.05) is 0 Å². The van der Waals surface area contributed by atoms with Crippen molar-refractivity contribution in [2.45, 2.75) is 245 Å². The maximum atomic E-state index is 12.8. The van der Waals surface area contributed by atoms with Gasteiger partial charge < -0.3 is 14.2 Å². The Hall–Kier alpha value is -3.93. The van der Waals surface area contributed by atoms with Gasteiger partial charge in [-0.1, -0.05) is 207 Å². The van der Waals surface area contributed by atoms with Crippen LogP contribution in [0.5, 0.6) is 0 Å². The van der Waals surface area contributed by atoms with Crippen molar-refractivity contribution in [2.24, 2.45) is 0 Å². The summed E-state index contributed by atoms with van der Waals surface area (Å²) >= 11 is 0. The normalized spacial score (nSPS) is 12.9. The van der Waals surface area contributed by atoms with Gasteiger partial charge in [-0.15, -0.1) is 0 Å². The maximum absolute atomic E-state index is 12.8. The first-order chi connectivity index (χ1) is 33.0. The molecular formula is C61H100O6. The van der Waals surface area contributed by atoms with E-state index >= 15 is 0 Å². The number of esters is 3. The lowest BCUT2D eigenvalue weighted by molar-refractivity contribution is -0.167. The summed E-state index contributed by atoms with van der Waals surface area (Å²) < 4.78 is 16.8. The van der Waals surface area contributed by atoms with Crippen molar-refractivity contribution in [3.8, 4) is 0 Å². The topological polar surface area (TPSA) is 78.9 Å². The Labute approximate surface area is 412 Å². The smallest absolute Gasteiger partial charge is 0.306 e. The van der Waals surface area contributed by atoms with E-state index in [0.717, 1.165) is 135 Å². The van der Waals surface area contributed by atoms with Gasteiger partial charge in [0.05, 0.1) is 0 Å². The number of hydrogen-bond acceptors (Lipinski definition) is 6. The van der Waals surface area contributed by atoms with Crippen molar-refractivity contribution in [1.29, 1.82) is 0 Å². The summed E-state index contributed by atoms with van der Waals surface area (Å²) in [5, 5.41) is 0. The van der Waals surface area contributed by atoms with E-state index in [2.05, 4.69) is 130 Å². The molecule has 0 saturated heterocycles. The molecule has 0 aromatic rings. The van der Waals surface area contributed by atoms with Crippen molar-refractivity contribution >= 4 is 17.9 Å². The highest BCUT2D eigenvalue weighted by Gasteiger charge is 2.19. The second kappa shape index (κ2) is 54.7. The number of rotatable bonds is 48. The fourth-order valence-corrected chi connectivity index (χ4v) is 7.18. The van der Waals surface area contributed by atoms with Crippen LogP contribution in [0.1, 0.15) is 239 Å². The molecule has 0 spiro atoms. The molecule has 6 heteroatoms. The molecule has 0 saturated carbocycles. The molecule has 6 nitrogen and oxygen atoms in total. The van der Waals surface area contributed by atoms with E-state index in [1.54, 1.807) is 0 Å². The summed E-state index contributed by atoms with van der Waals surface area (Å²) in [7, 11) is 0. The molecule has 0 aliphatic carbocycles.